The lowest BCUT2D eigenvalue weighted by Crippen LogP contribution is -2.43. The molecule has 0 aromatic heterocycles. The van der Waals surface area contributed by atoms with Crippen LogP contribution in [0.15, 0.2) is 48.5 Å². The lowest BCUT2D eigenvalue weighted by Gasteiger charge is -2.32. The number of amides is 1. The van der Waals surface area contributed by atoms with Gasteiger partial charge in [-0.1, -0.05) is 23.7 Å². The van der Waals surface area contributed by atoms with E-state index in [1.165, 1.54) is 6.07 Å². The lowest BCUT2D eigenvalue weighted by atomic mass is 10.1. The zero-order valence-corrected chi connectivity index (χ0v) is 15.3. The van der Waals surface area contributed by atoms with Crippen molar-refractivity contribution < 1.29 is 22.7 Å². The fourth-order valence-corrected chi connectivity index (χ4v) is 3.21. The summed E-state index contributed by atoms with van der Waals surface area (Å²) in [4.78, 5) is 14.3. The van der Waals surface area contributed by atoms with Crippen molar-refractivity contribution in [2.24, 2.45) is 0 Å². The third kappa shape index (κ3) is 5.23. The van der Waals surface area contributed by atoms with Crippen LogP contribution >= 0.6 is 11.6 Å². The zero-order chi connectivity index (χ0) is 19.4. The summed E-state index contributed by atoms with van der Waals surface area (Å²) in [6.45, 7) is 1.13. The van der Waals surface area contributed by atoms with Crippen LogP contribution in [-0.4, -0.2) is 30.0 Å². The molecule has 1 heterocycles. The second-order valence-corrected chi connectivity index (χ2v) is 6.97. The van der Waals surface area contributed by atoms with Gasteiger partial charge in [-0.3, -0.25) is 4.79 Å². The van der Waals surface area contributed by atoms with Gasteiger partial charge in [0.1, 0.15) is 0 Å². The molecule has 1 saturated heterocycles. The van der Waals surface area contributed by atoms with Crippen LogP contribution in [0.5, 0.6) is 0 Å². The molecule has 0 radical (unpaired) electrons. The van der Waals surface area contributed by atoms with E-state index in [2.05, 4.69) is 0 Å². The maximum absolute atomic E-state index is 12.8. The average Bonchev–Trinajstić information content (AvgIpc) is 2.66. The summed E-state index contributed by atoms with van der Waals surface area (Å²) in [7, 11) is 0. The summed E-state index contributed by atoms with van der Waals surface area (Å²) >= 11 is 5.85. The average molecular weight is 398 g/mol. The molecule has 1 aliphatic rings. The van der Waals surface area contributed by atoms with Crippen molar-refractivity contribution in [2.75, 3.05) is 13.1 Å². The van der Waals surface area contributed by atoms with Gasteiger partial charge in [0, 0.05) is 23.7 Å². The number of ether oxygens (including phenoxy) is 1. The van der Waals surface area contributed by atoms with Crippen molar-refractivity contribution >= 4 is 17.5 Å². The predicted octanol–water partition coefficient (Wildman–Crippen LogP) is 5.18. The molecule has 2 aromatic rings. The number of carbonyl (C=O) groups excluding carboxylic acids is 1. The molecule has 7 heteroatoms. The number of alkyl halides is 3. The number of hydrogen-bond donors (Lipinski definition) is 0. The van der Waals surface area contributed by atoms with Gasteiger partial charge >= 0.3 is 6.18 Å². The van der Waals surface area contributed by atoms with Crippen molar-refractivity contribution in [3.63, 3.8) is 0 Å². The van der Waals surface area contributed by atoms with Gasteiger partial charge < -0.3 is 9.64 Å². The van der Waals surface area contributed by atoms with Crippen LogP contribution in [0.2, 0.25) is 5.02 Å². The Morgan fingerprint density at radius 1 is 1.19 bits per heavy atom. The molecule has 2 aromatic carbocycles. The van der Waals surface area contributed by atoms with Crippen molar-refractivity contribution in [3.05, 3.63) is 70.2 Å². The van der Waals surface area contributed by atoms with Crippen molar-refractivity contribution in [1.82, 2.24) is 4.90 Å². The number of benzene rings is 2. The summed E-state index contributed by atoms with van der Waals surface area (Å²) < 4.78 is 44.2. The van der Waals surface area contributed by atoms with Crippen molar-refractivity contribution in [1.29, 1.82) is 0 Å². The first-order chi connectivity index (χ1) is 12.8. The quantitative estimate of drug-likeness (QED) is 0.711. The van der Waals surface area contributed by atoms with Crippen LogP contribution in [0.1, 0.15) is 34.3 Å². The van der Waals surface area contributed by atoms with E-state index in [0.29, 0.717) is 29.2 Å². The molecule has 0 saturated carbocycles. The number of nitrogens with zero attached hydrogens (tertiary/aromatic N) is 1. The number of likely N-dealkylation sites (tertiary alicyclic amines) is 1. The Labute approximate surface area is 160 Å². The normalized spacial score (nSPS) is 17.8. The first-order valence-electron chi connectivity index (χ1n) is 8.65. The van der Waals surface area contributed by atoms with Gasteiger partial charge in [0.15, 0.2) is 0 Å². The molecule has 1 amide bonds. The molecule has 3 nitrogen and oxygen atoms in total. The summed E-state index contributed by atoms with van der Waals surface area (Å²) in [5, 5.41) is 0.562. The highest BCUT2D eigenvalue weighted by molar-refractivity contribution is 6.30. The monoisotopic (exact) mass is 397 g/mol. The van der Waals surface area contributed by atoms with E-state index in [1.807, 2.05) is 0 Å². The minimum atomic E-state index is -4.37. The number of rotatable bonds is 4. The second-order valence-electron chi connectivity index (χ2n) is 6.53. The molecule has 0 bridgehead atoms. The van der Waals surface area contributed by atoms with Crippen LogP contribution in [-0.2, 0) is 17.5 Å². The Morgan fingerprint density at radius 3 is 2.63 bits per heavy atom. The number of carbonyl (C=O) groups is 1. The van der Waals surface area contributed by atoms with Crippen LogP contribution in [0.25, 0.3) is 0 Å². The lowest BCUT2D eigenvalue weighted by molar-refractivity contribution is -0.137. The summed E-state index contributed by atoms with van der Waals surface area (Å²) in [5.74, 6) is -0.0981. The SMILES string of the molecule is O=C(c1ccc(Cl)cc1)N1CCC[C@@H](OCc2cccc(C(F)(F)F)c2)C1. The maximum atomic E-state index is 12.8. The van der Waals surface area contributed by atoms with E-state index in [9.17, 15) is 18.0 Å². The second kappa shape index (κ2) is 8.31. The molecule has 144 valence electrons. The van der Waals surface area contributed by atoms with Crippen LogP contribution in [0.3, 0.4) is 0 Å². The summed E-state index contributed by atoms with van der Waals surface area (Å²) in [5.41, 5.74) is 0.329. The molecule has 1 fully saturated rings. The predicted molar refractivity (Wildman–Crippen MR) is 96.6 cm³/mol. The largest absolute Gasteiger partial charge is 0.416 e. The van der Waals surface area contributed by atoms with Gasteiger partial charge in [0.05, 0.1) is 18.3 Å². The van der Waals surface area contributed by atoms with Gasteiger partial charge in [0.2, 0.25) is 0 Å². The molecule has 0 aliphatic carbocycles. The van der Waals surface area contributed by atoms with Crippen molar-refractivity contribution in [3.8, 4) is 0 Å². The third-order valence-corrected chi connectivity index (χ3v) is 4.75. The van der Waals surface area contributed by atoms with Crippen LogP contribution in [0.4, 0.5) is 13.2 Å². The molecule has 0 spiro atoms. The molecule has 3 rings (SSSR count). The van der Waals surface area contributed by atoms with E-state index in [0.717, 1.165) is 25.0 Å². The van der Waals surface area contributed by atoms with E-state index < -0.39 is 11.7 Å². The minimum Gasteiger partial charge on any atom is -0.372 e. The minimum absolute atomic E-state index is 0.0809. The zero-order valence-electron chi connectivity index (χ0n) is 14.5. The van der Waals surface area contributed by atoms with Gasteiger partial charge in [-0.05, 0) is 54.8 Å². The molecule has 0 N–H and O–H groups in total. The Bertz CT molecular complexity index is 793. The number of hydrogen-bond acceptors (Lipinski definition) is 2. The smallest absolute Gasteiger partial charge is 0.372 e. The summed E-state index contributed by atoms with van der Waals surface area (Å²) in [6, 6.07) is 11.8. The number of halogens is 4. The molecule has 27 heavy (non-hydrogen) atoms. The molecule has 0 unspecified atom stereocenters. The van der Waals surface area contributed by atoms with Crippen LogP contribution < -0.4 is 0 Å². The molecule has 1 aliphatic heterocycles. The van der Waals surface area contributed by atoms with Gasteiger partial charge in [-0.2, -0.15) is 13.2 Å². The first-order valence-corrected chi connectivity index (χ1v) is 9.03. The van der Waals surface area contributed by atoms with E-state index in [1.54, 1.807) is 35.2 Å². The highest BCUT2D eigenvalue weighted by Gasteiger charge is 2.30. The Kier molecular flexibility index (Phi) is 6.07. The third-order valence-electron chi connectivity index (χ3n) is 4.50. The fraction of sp³-hybridized carbons (Fsp3) is 0.350. The summed E-state index contributed by atoms with van der Waals surface area (Å²) in [6.07, 6.45) is -3.02. The fourth-order valence-electron chi connectivity index (χ4n) is 3.09. The van der Waals surface area contributed by atoms with E-state index >= 15 is 0 Å². The maximum Gasteiger partial charge on any atom is 0.416 e. The number of piperidine rings is 1. The Morgan fingerprint density at radius 2 is 1.93 bits per heavy atom. The highest BCUT2D eigenvalue weighted by Crippen LogP contribution is 2.30. The highest BCUT2D eigenvalue weighted by atomic mass is 35.5. The van der Waals surface area contributed by atoms with Crippen molar-refractivity contribution in [2.45, 2.75) is 31.7 Å². The molecule has 1 atom stereocenters. The molecular formula is C20H19ClF3NO2. The van der Waals surface area contributed by atoms with E-state index in [4.69, 9.17) is 16.3 Å². The molecular weight excluding hydrogens is 379 g/mol. The standard InChI is InChI=1S/C20H19ClF3NO2/c21-17-8-6-15(7-9-17)19(26)25-10-2-5-18(12-25)27-13-14-3-1-4-16(11-14)20(22,23)24/h1,3-4,6-9,11,18H,2,5,10,12-13H2/t18-/m1/s1. The van der Waals surface area contributed by atoms with Crippen LogP contribution in [0, 0.1) is 0 Å². The van der Waals surface area contributed by atoms with Gasteiger partial charge in [-0.25, -0.2) is 0 Å². The Balaban J connectivity index is 1.59. The first kappa shape index (κ1) is 19.7. The Hall–Kier alpha value is -2.05. The van der Waals surface area contributed by atoms with E-state index in [-0.39, 0.29) is 18.6 Å². The van der Waals surface area contributed by atoms with Gasteiger partial charge in [0.25, 0.3) is 5.91 Å². The van der Waals surface area contributed by atoms with Gasteiger partial charge in [-0.15, -0.1) is 0 Å². The topological polar surface area (TPSA) is 29.5 Å².